The van der Waals surface area contributed by atoms with E-state index in [0.717, 1.165) is 12.5 Å². The molecule has 0 aromatic rings. The topological polar surface area (TPSA) is 12.0 Å². The van der Waals surface area contributed by atoms with Crippen molar-refractivity contribution in [3.8, 4) is 0 Å². The second kappa shape index (κ2) is 5.17. The second-order valence-electron chi connectivity index (χ2n) is 2.49. The van der Waals surface area contributed by atoms with Crippen molar-refractivity contribution in [1.82, 2.24) is 5.23 Å². The third-order valence-electron chi connectivity index (χ3n) is 1.10. The van der Waals surface area contributed by atoms with Crippen LogP contribution in [0.25, 0.3) is 0 Å². The van der Waals surface area contributed by atoms with Gasteiger partial charge in [0.2, 0.25) is 0 Å². The van der Waals surface area contributed by atoms with E-state index in [1.165, 1.54) is 12.8 Å². The Morgan fingerprint density at radius 3 is 2.50 bits per heavy atom. The molecule has 0 amide bonds. The molecule has 2 heteroatoms. The highest BCUT2D eigenvalue weighted by molar-refractivity contribution is 6.04. The molecule has 0 aromatic heterocycles. The van der Waals surface area contributed by atoms with Gasteiger partial charge in [0.25, 0.3) is 0 Å². The molecule has 0 heterocycles. The van der Waals surface area contributed by atoms with Crippen LogP contribution in [0.2, 0.25) is 0 Å². The Bertz CT molecular complexity index is 45.8. The van der Waals surface area contributed by atoms with Gasteiger partial charge in [-0.05, 0) is 25.3 Å². The molecule has 0 spiro atoms. The van der Waals surface area contributed by atoms with Gasteiger partial charge in [-0.15, -0.1) is 0 Å². The Morgan fingerprint density at radius 2 is 2.12 bits per heavy atom. The molecule has 0 atom stereocenters. The van der Waals surface area contributed by atoms with Gasteiger partial charge in [-0.3, -0.25) is 0 Å². The van der Waals surface area contributed by atoms with E-state index in [1.807, 2.05) is 0 Å². The van der Waals surface area contributed by atoms with Crippen LogP contribution in [0, 0.1) is 5.92 Å². The van der Waals surface area contributed by atoms with E-state index >= 15 is 0 Å². The van der Waals surface area contributed by atoms with E-state index in [-0.39, 0.29) is 0 Å². The molecule has 0 aromatic carbocycles. The highest BCUT2D eigenvalue weighted by Gasteiger charge is 1.90. The molecule has 1 nitrogen and oxygen atoms in total. The summed E-state index contributed by atoms with van der Waals surface area (Å²) in [7, 11) is 5.06. The lowest BCUT2D eigenvalue weighted by Gasteiger charge is -2.01. The van der Waals surface area contributed by atoms with Gasteiger partial charge < -0.3 is 5.23 Å². The summed E-state index contributed by atoms with van der Waals surface area (Å²) >= 11 is 0. The Balaban J connectivity index is 2.72. The van der Waals surface area contributed by atoms with Gasteiger partial charge in [-0.2, -0.15) is 0 Å². The van der Waals surface area contributed by atoms with Gasteiger partial charge in [-0.1, -0.05) is 13.8 Å². The monoisotopic (exact) mass is 111 g/mol. The molecule has 0 aliphatic carbocycles. The van der Waals surface area contributed by atoms with E-state index in [1.54, 1.807) is 0 Å². The lowest BCUT2D eigenvalue weighted by Crippen LogP contribution is -2.10. The summed E-state index contributed by atoms with van der Waals surface area (Å²) in [6, 6.07) is 0. The average Bonchev–Trinajstić information content (AvgIpc) is 1.66. The van der Waals surface area contributed by atoms with E-state index in [0.29, 0.717) is 0 Å². The molecular formula is C6H14BN. The Labute approximate surface area is 53.3 Å². The first-order valence-corrected chi connectivity index (χ1v) is 3.21. The van der Waals surface area contributed by atoms with Crippen LogP contribution in [0.3, 0.4) is 0 Å². The molecule has 0 rings (SSSR count). The molecule has 8 heavy (non-hydrogen) atoms. The van der Waals surface area contributed by atoms with Gasteiger partial charge >= 0.3 is 0 Å². The van der Waals surface area contributed by atoms with Gasteiger partial charge in [0, 0.05) is 0 Å². The first-order valence-electron chi connectivity index (χ1n) is 3.21. The molecule has 0 aliphatic rings. The first-order chi connectivity index (χ1) is 3.77. The average molecular weight is 111 g/mol. The summed E-state index contributed by atoms with van der Waals surface area (Å²) < 4.78 is 0. The molecule has 0 unspecified atom stereocenters. The predicted molar refractivity (Wildman–Crippen MR) is 37.8 cm³/mol. The Morgan fingerprint density at radius 1 is 1.50 bits per heavy atom. The number of hydrogen-bond acceptors (Lipinski definition) is 1. The van der Waals surface area contributed by atoms with Crippen molar-refractivity contribution in [3.05, 3.63) is 0 Å². The number of hydrogen-bond donors (Lipinski definition) is 1. The molecule has 0 fully saturated rings. The van der Waals surface area contributed by atoms with Crippen molar-refractivity contribution < 1.29 is 0 Å². The highest BCUT2D eigenvalue weighted by atomic mass is 14.7. The summed E-state index contributed by atoms with van der Waals surface area (Å²) in [6.45, 7) is 5.38. The SMILES string of the molecule is [B]NCCCC(C)C. The van der Waals surface area contributed by atoms with Crippen molar-refractivity contribution in [2.24, 2.45) is 5.92 Å². The van der Waals surface area contributed by atoms with Crippen LogP contribution in [-0.4, -0.2) is 14.5 Å². The molecule has 0 saturated carbocycles. The fourth-order valence-electron chi connectivity index (χ4n) is 0.612. The van der Waals surface area contributed by atoms with Gasteiger partial charge in [0.1, 0.15) is 0 Å². The molecule has 1 N–H and O–H groups in total. The maximum atomic E-state index is 5.06. The summed E-state index contributed by atoms with van der Waals surface area (Å²) in [5, 5.41) is 2.62. The van der Waals surface area contributed by atoms with E-state index < -0.39 is 0 Å². The third kappa shape index (κ3) is 6.02. The Hall–Kier alpha value is 0.0249. The summed E-state index contributed by atoms with van der Waals surface area (Å²) in [4.78, 5) is 0. The van der Waals surface area contributed by atoms with Crippen LogP contribution in [0.15, 0.2) is 0 Å². The van der Waals surface area contributed by atoms with E-state index in [9.17, 15) is 0 Å². The minimum absolute atomic E-state index is 0.809. The maximum absolute atomic E-state index is 5.06. The fraction of sp³-hybridized carbons (Fsp3) is 1.00. The third-order valence-corrected chi connectivity index (χ3v) is 1.10. The second-order valence-corrected chi connectivity index (χ2v) is 2.49. The van der Waals surface area contributed by atoms with Gasteiger partial charge in [0.05, 0.1) is 0 Å². The quantitative estimate of drug-likeness (QED) is 0.423. The lowest BCUT2D eigenvalue weighted by atomic mass is 10.1. The minimum atomic E-state index is 0.809. The van der Waals surface area contributed by atoms with Crippen LogP contribution in [0.5, 0.6) is 0 Å². The van der Waals surface area contributed by atoms with Crippen molar-refractivity contribution >= 4 is 7.98 Å². The van der Waals surface area contributed by atoms with Crippen LogP contribution in [0.4, 0.5) is 0 Å². The van der Waals surface area contributed by atoms with Gasteiger partial charge in [0.15, 0.2) is 7.98 Å². The zero-order valence-corrected chi connectivity index (χ0v) is 5.78. The first kappa shape index (κ1) is 8.02. The molecule has 2 radical (unpaired) electrons. The number of rotatable bonds is 4. The number of nitrogens with one attached hydrogen (secondary N) is 1. The van der Waals surface area contributed by atoms with Crippen LogP contribution < -0.4 is 5.23 Å². The standard InChI is InChI=1S/C6H14BN/c1-6(2)4-3-5-8-7/h6,8H,3-5H2,1-2H3. The van der Waals surface area contributed by atoms with Crippen LogP contribution in [-0.2, 0) is 0 Å². The van der Waals surface area contributed by atoms with Crippen molar-refractivity contribution in [2.45, 2.75) is 26.7 Å². The predicted octanol–water partition coefficient (Wildman–Crippen LogP) is 1.10. The minimum Gasteiger partial charge on any atom is -0.366 e. The van der Waals surface area contributed by atoms with Crippen LogP contribution >= 0.6 is 0 Å². The summed E-state index contributed by atoms with van der Waals surface area (Å²) in [5.41, 5.74) is 0. The zero-order chi connectivity index (χ0) is 6.41. The summed E-state index contributed by atoms with van der Waals surface area (Å²) in [6.07, 6.45) is 2.46. The molecule has 0 bridgehead atoms. The zero-order valence-electron chi connectivity index (χ0n) is 5.78. The maximum Gasteiger partial charge on any atom is 0.177 e. The van der Waals surface area contributed by atoms with Crippen molar-refractivity contribution in [1.29, 1.82) is 0 Å². The molecular weight excluding hydrogens is 96.9 g/mol. The molecule has 0 aliphatic heterocycles. The fourth-order valence-corrected chi connectivity index (χ4v) is 0.612. The molecule has 0 saturated heterocycles. The lowest BCUT2D eigenvalue weighted by molar-refractivity contribution is 0.554. The van der Waals surface area contributed by atoms with Crippen LogP contribution in [0.1, 0.15) is 26.7 Å². The van der Waals surface area contributed by atoms with E-state index in [4.69, 9.17) is 7.98 Å². The smallest absolute Gasteiger partial charge is 0.177 e. The van der Waals surface area contributed by atoms with Crippen molar-refractivity contribution in [2.75, 3.05) is 6.54 Å². The van der Waals surface area contributed by atoms with Gasteiger partial charge in [-0.25, -0.2) is 0 Å². The largest absolute Gasteiger partial charge is 0.366 e. The Kier molecular flexibility index (Phi) is 5.18. The summed E-state index contributed by atoms with van der Waals surface area (Å²) in [5.74, 6) is 0.809. The van der Waals surface area contributed by atoms with E-state index in [2.05, 4.69) is 19.1 Å². The normalized spacial score (nSPS) is 10.4. The van der Waals surface area contributed by atoms with Crippen molar-refractivity contribution in [3.63, 3.8) is 0 Å². The highest BCUT2D eigenvalue weighted by Crippen LogP contribution is 2.00. The molecule has 46 valence electrons.